The van der Waals surface area contributed by atoms with Crippen LogP contribution in [0.3, 0.4) is 0 Å². The van der Waals surface area contributed by atoms with E-state index in [4.69, 9.17) is 0 Å². The third kappa shape index (κ3) is 2.53. The van der Waals surface area contributed by atoms with Gasteiger partial charge in [-0.25, -0.2) is 4.39 Å². The second-order valence-electron chi connectivity index (χ2n) is 3.01. The minimum Gasteiger partial charge on any atom is -0.322 e. The summed E-state index contributed by atoms with van der Waals surface area (Å²) in [4.78, 5) is 11.1. The first-order valence-electron chi connectivity index (χ1n) is 4.34. The first-order valence-corrected chi connectivity index (χ1v) is 4.34. The monoisotopic (exact) mass is 196 g/mol. The Labute approximate surface area is 82.3 Å². The van der Waals surface area contributed by atoms with Gasteiger partial charge in [0.05, 0.1) is 12.2 Å². The number of nitrogens with one attached hydrogen (secondary N) is 2. The molecule has 0 radical (unpaired) electrons. The van der Waals surface area contributed by atoms with E-state index in [9.17, 15) is 9.18 Å². The fourth-order valence-corrected chi connectivity index (χ4v) is 1.10. The molecule has 1 rings (SSSR count). The molecular weight excluding hydrogens is 183 g/mol. The second kappa shape index (κ2) is 4.72. The Bertz CT molecular complexity index is 339. The highest BCUT2D eigenvalue weighted by Crippen LogP contribution is 2.16. The molecule has 2 N–H and O–H groups in total. The van der Waals surface area contributed by atoms with Crippen molar-refractivity contribution in [2.45, 2.75) is 6.92 Å². The molecule has 0 atom stereocenters. The van der Waals surface area contributed by atoms with Crippen LogP contribution in [0, 0.1) is 12.7 Å². The Morgan fingerprint density at radius 1 is 1.50 bits per heavy atom. The summed E-state index contributed by atoms with van der Waals surface area (Å²) in [6.45, 7) is 1.83. The summed E-state index contributed by atoms with van der Waals surface area (Å²) < 4.78 is 13.4. The standard InChI is InChI=1S/C10H13FN2O/c1-7-4-3-5-8(10(7)11)13-9(14)6-12-2/h3-5,12H,6H2,1-2H3,(H,13,14). The first kappa shape index (κ1) is 10.7. The molecule has 76 valence electrons. The van der Waals surface area contributed by atoms with Gasteiger partial charge in [0, 0.05) is 0 Å². The highest BCUT2D eigenvalue weighted by atomic mass is 19.1. The average molecular weight is 196 g/mol. The number of carbonyl (C=O) groups excluding carboxylic acids is 1. The van der Waals surface area contributed by atoms with E-state index >= 15 is 0 Å². The Hall–Kier alpha value is -1.42. The molecule has 1 aromatic rings. The zero-order valence-electron chi connectivity index (χ0n) is 8.23. The molecule has 0 fully saturated rings. The Balaban J connectivity index is 2.76. The summed E-state index contributed by atoms with van der Waals surface area (Å²) in [6.07, 6.45) is 0. The van der Waals surface area contributed by atoms with Crippen LogP contribution in [0.1, 0.15) is 5.56 Å². The maximum Gasteiger partial charge on any atom is 0.238 e. The van der Waals surface area contributed by atoms with Gasteiger partial charge in [-0.2, -0.15) is 0 Å². The zero-order chi connectivity index (χ0) is 10.6. The summed E-state index contributed by atoms with van der Waals surface area (Å²) in [6, 6.07) is 4.90. The smallest absolute Gasteiger partial charge is 0.238 e. The summed E-state index contributed by atoms with van der Waals surface area (Å²) in [5, 5.41) is 5.16. The number of rotatable bonds is 3. The van der Waals surface area contributed by atoms with E-state index in [1.54, 1.807) is 26.1 Å². The number of hydrogen-bond acceptors (Lipinski definition) is 2. The Morgan fingerprint density at radius 2 is 2.21 bits per heavy atom. The Kier molecular flexibility index (Phi) is 3.59. The molecule has 14 heavy (non-hydrogen) atoms. The predicted octanol–water partition coefficient (Wildman–Crippen LogP) is 1.29. The number of carbonyl (C=O) groups is 1. The van der Waals surface area contributed by atoms with Gasteiger partial charge in [-0.05, 0) is 25.6 Å². The molecule has 0 saturated heterocycles. The molecule has 0 aliphatic heterocycles. The number of halogens is 1. The van der Waals surface area contributed by atoms with Crippen LogP contribution >= 0.6 is 0 Å². The van der Waals surface area contributed by atoms with E-state index in [1.807, 2.05) is 0 Å². The van der Waals surface area contributed by atoms with Gasteiger partial charge >= 0.3 is 0 Å². The maximum atomic E-state index is 13.4. The van der Waals surface area contributed by atoms with Crippen molar-refractivity contribution < 1.29 is 9.18 Å². The van der Waals surface area contributed by atoms with Crippen molar-refractivity contribution in [2.75, 3.05) is 18.9 Å². The van der Waals surface area contributed by atoms with Gasteiger partial charge in [-0.3, -0.25) is 4.79 Å². The average Bonchev–Trinajstić information content (AvgIpc) is 2.13. The fraction of sp³-hybridized carbons (Fsp3) is 0.300. The molecule has 0 spiro atoms. The highest BCUT2D eigenvalue weighted by molar-refractivity contribution is 5.92. The molecule has 1 aromatic carbocycles. The van der Waals surface area contributed by atoms with Crippen molar-refractivity contribution in [1.29, 1.82) is 0 Å². The molecule has 3 nitrogen and oxygen atoms in total. The van der Waals surface area contributed by atoms with Gasteiger partial charge in [0.1, 0.15) is 5.82 Å². The van der Waals surface area contributed by atoms with E-state index < -0.39 is 0 Å². The van der Waals surface area contributed by atoms with Crippen molar-refractivity contribution in [3.8, 4) is 0 Å². The lowest BCUT2D eigenvalue weighted by Crippen LogP contribution is -2.25. The minimum absolute atomic E-state index is 0.174. The van der Waals surface area contributed by atoms with Crippen LogP contribution in [0.4, 0.5) is 10.1 Å². The predicted molar refractivity (Wildman–Crippen MR) is 53.7 cm³/mol. The summed E-state index contributed by atoms with van der Waals surface area (Å²) in [5.41, 5.74) is 0.748. The van der Waals surface area contributed by atoms with Crippen LogP contribution < -0.4 is 10.6 Å². The highest BCUT2D eigenvalue weighted by Gasteiger charge is 2.07. The number of amides is 1. The zero-order valence-corrected chi connectivity index (χ0v) is 8.23. The van der Waals surface area contributed by atoms with Crippen molar-refractivity contribution in [1.82, 2.24) is 5.32 Å². The van der Waals surface area contributed by atoms with Gasteiger partial charge < -0.3 is 10.6 Å². The number of aryl methyl sites for hydroxylation is 1. The van der Waals surface area contributed by atoms with E-state index in [1.165, 1.54) is 6.07 Å². The van der Waals surface area contributed by atoms with Gasteiger partial charge in [-0.1, -0.05) is 12.1 Å². The van der Waals surface area contributed by atoms with Crippen LogP contribution in [0.5, 0.6) is 0 Å². The fourth-order valence-electron chi connectivity index (χ4n) is 1.10. The van der Waals surface area contributed by atoms with E-state index in [-0.39, 0.29) is 24.0 Å². The van der Waals surface area contributed by atoms with Gasteiger partial charge in [0.25, 0.3) is 0 Å². The molecule has 0 aromatic heterocycles. The minimum atomic E-state index is -0.378. The SMILES string of the molecule is CNCC(=O)Nc1cccc(C)c1F. The summed E-state index contributed by atoms with van der Waals surface area (Å²) in [5.74, 6) is -0.631. The topological polar surface area (TPSA) is 41.1 Å². The van der Waals surface area contributed by atoms with E-state index in [0.29, 0.717) is 5.56 Å². The molecule has 0 aliphatic carbocycles. The van der Waals surface area contributed by atoms with Crippen LogP contribution in [-0.4, -0.2) is 19.5 Å². The number of hydrogen-bond donors (Lipinski definition) is 2. The van der Waals surface area contributed by atoms with Gasteiger partial charge in [0.2, 0.25) is 5.91 Å². The van der Waals surface area contributed by atoms with Crippen molar-refractivity contribution in [3.05, 3.63) is 29.6 Å². The van der Waals surface area contributed by atoms with Crippen LogP contribution in [-0.2, 0) is 4.79 Å². The maximum absolute atomic E-state index is 13.4. The summed E-state index contributed by atoms with van der Waals surface area (Å²) in [7, 11) is 1.66. The van der Waals surface area contributed by atoms with Gasteiger partial charge in [0.15, 0.2) is 0 Å². The second-order valence-corrected chi connectivity index (χ2v) is 3.01. The first-order chi connectivity index (χ1) is 6.65. The molecule has 0 saturated carbocycles. The van der Waals surface area contributed by atoms with Crippen molar-refractivity contribution in [3.63, 3.8) is 0 Å². The lowest BCUT2D eigenvalue weighted by atomic mass is 10.2. The molecule has 0 aliphatic rings. The molecule has 0 bridgehead atoms. The molecule has 0 unspecified atom stereocenters. The lowest BCUT2D eigenvalue weighted by Gasteiger charge is -2.07. The van der Waals surface area contributed by atoms with E-state index in [2.05, 4.69) is 10.6 Å². The quantitative estimate of drug-likeness (QED) is 0.764. The van der Waals surface area contributed by atoms with Crippen molar-refractivity contribution >= 4 is 11.6 Å². The van der Waals surface area contributed by atoms with E-state index in [0.717, 1.165) is 0 Å². The lowest BCUT2D eigenvalue weighted by molar-refractivity contribution is -0.115. The molecular formula is C10H13FN2O. The summed E-state index contributed by atoms with van der Waals surface area (Å²) >= 11 is 0. The number of benzene rings is 1. The Morgan fingerprint density at radius 3 is 2.86 bits per heavy atom. The normalized spacial score (nSPS) is 9.93. The van der Waals surface area contributed by atoms with Crippen molar-refractivity contribution in [2.24, 2.45) is 0 Å². The largest absolute Gasteiger partial charge is 0.322 e. The van der Waals surface area contributed by atoms with Gasteiger partial charge in [-0.15, -0.1) is 0 Å². The molecule has 4 heteroatoms. The molecule has 1 amide bonds. The third-order valence-electron chi connectivity index (χ3n) is 1.80. The number of likely N-dealkylation sites (N-methyl/N-ethyl adjacent to an activating group) is 1. The third-order valence-corrected chi connectivity index (χ3v) is 1.80. The van der Waals surface area contributed by atoms with Crippen LogP contribution in [0.15, 0.2) is 18.2 Å². The molecule has 0 heterocycles. The van der Waals surface area contributed by atoms with Crippen LogP contribution in [0.2, 0.25) is 0 Å². The van der Waals surface area contributed by atoms with Crippen LogP contribution in [0.25, 0.3) is 0 Å². The number of anilines is 1.